The molecule has 0 aliphatic carbocycles. The number of rotatable bonds is 8. The summed E-state index contributed by atoms with van der Waals surface area (Å²) in [6.07, 6.45) is 3.18. The molecule has 2 N–H and O–H groups in total. The van der Waals surface area contributed by atoms with Crippen molar-refractivity contribution in [3.05, 3.63) is 30.1 Å². The van der Waals surface area contributed by atoms with Gasteiger partial charge in [-0.1, -0.05) is 6.07 Å². The van der Waals surface area contributed by atoms with Crippen LogP contribution in [0.25, 0.3) is 0 Å². The molecule has 106 valence electrons. The highest BCUT2D eigenvalue weighted by molar-refractivity contribution is 5.76. The Morgan fingerprint density at radius 3 is 2.95 bits per heavy atom. The van der Waals surface area contributed by atoms with E-state index in [9.17, 15) is 9.90 Å². The summed E-state index contributed by atoms with van der Waals surface area (Å²) in [6, 6.07) is 5.63. The molecule has 0 aliphatic rings. The summed E-state index contributed by atoms with van der Waals surface area (Å²) in [7, 11) is 1.58. The highest BCUT2D eigenvalue weighted by Crippen LogP contribution is 2.07. The first-order valence-electron chi connectivity index (χ1n) is 6.41. The van der Waals surface area contributed by atoms with Gasteiger partial charge in [-0.05, 0) is 25.5 Å². The molecule has 1 atom stereocenters. The van der Waals surface area contributed by atoms with Crippen LogP contribution < -0.4 is 5.32 Å². The monoisotopic (exact) mass is 266 g/mol. The summed E-state index contributed by atoms with van der Waals surface area (Å²) in [5.74, 6) is -0.0802. The first-order chi connectivity index (χ1) is 9.03. The minimum Gasteiger partial charge on any atom is -0.388 e. The van der Waals surface area contributed by atoms with Gasteiger partial charge in [0.25, 0.3) is 0 Å². The lowest BCUT2D eigenvalue weighted by Crippen LogP contribution is -2.41. The van der Waals surface area contributed by atoms with Gasteiger partial charge in [0, 0.05) is 45.0 Å². The van der Waals surface area contributed by atoms with E-state index >= 15 is 0 Å². The van der Waals surface area contributed by atoms with Gasteiger partial charge in [0.15, 0.2) is 0 Å². The molecule has 0 aliphatic heterocycles. The second-order valence-corrected chi connectivity index (χ2v) is 4.84. The molecule has 0 saturated heterocycles. The Balaban J connectivity index is 2.24. The maximum absolute atomic E-state index is 11.7. The van der Waals surface area contributed by atoms with E-state index in [2.05, 4.69) is 10.3 Å². The molecular formula is C14H22N2O3. The van der Waals surface area contributed by atoms with Crippen molar-refractivity contribution in [1.29, 1.82) is 0 Å². The van der Waals surface area contributed by atoms with Crippen molar-refractivity contribution in [1.82, 2.24) is 10.3 Å². The molecular weight excluding hydrogens is 244 g/mol. The van der Waals surface area contributed by atoms with Crippen molar-refractivity contribution in [3.63, 3.8) is 0 Å². The van der Waals surface area contributed by atoms with E-state index in [1.807, 2.05) is 18.2 Å². The number of aromatic nitrogens is 1. The average molecular weight is 266 g/mol. The van der Waals surface area contributed by atoms with Gasteiger partial charge in [0.2, 0.25) is 5.91 Å². The van der Waals surface area contributed by atoms with Crippen LogP contribution in [0.1, 0.15) is 25.5 Å². The number of methoxy groups -OCH3 is 1. The normalized spacial score (nSPS) is 13.8. The fourth-order valence-electron chi connectivity index (χ4n) is 1.58. The van der Waals surface area contributed by atoms with Crippen LogP contribution >= 0.6 is 0 Å². The third-order valence-electron chi connectivity index (χ3n) is 2.85. The maximum atomic E-state index is 11.7. The van der Waals surface area contributed by atoms with Gasteiger partial charge in [-0.15, -0.1) is 0 Å². The van der Waals surface area contributed by atoms with Crippen molar-refractivity contribution in [2.45, 2.75) is 31.8 Å². The molecule has 5 nitrogen and oxygen atoms in total. The van der Waals surface area contributed by atoms with Crippen molar-refractivity contribution in [2.24, 2.45) is 0 Å². The van der Waals surface area contributed by atoms with Crippen LogP contribution in [0.2, 0.25) is 0 Å². The third kappa shape index (κ3) is 6.88. The minimum atomic E-state index is -0.934. The van der Waals surface area contributed by atoms with Gasteiger partial charge in [-0.25, -0.2) is 0 Å². The Morgan fingerprint density at radius 1 is 1.53 bits per heavy atom. The van der Waals surface area contributed by atoms with E-state index in [0.717, 1.165) is 5.69 Å². The molecule has 1 heterocycles. The van der Waals surface area contributed by atoms with Crippen LogP contribution in [0, 0.1) is 0 Å². The van der Waals surface area contributed by atoms with E-state index < -0.39 is 5.60 Å². The standard InChI is InChI=1S/C14H22N2O3/c1-14(18,8-10-19-2)11-16-13(17)7-6-12-5-3-4-9-15-12/h3-5,9,18H,6-8,10-11H2,1-2H3,(H,16,17). The van der Waals surface area contributed by atoms with E-state index in [1.54, 1.807) is 20.2 Å². The van der Waals surface area contributed by atoms with Gasteiger partial charge in [-0.3, -0.25) is 9.78 Å². The first kappa shape index (κ1) is 15.6. The molecule has 0 spiro atoms. The zero-order chi connectivity index (χ0) is 14.1. The Morgan fingerprint density at radius 2 is 2.32 bits per heavy atom. The quantitative estimate of drug-likeness (QED) is 0.734. The minimum absolute atomic E-state index is 0.0802. The number of nitrogens with one attached hydrogen (secondary N) is 1. The molecule has 1 amide bonds. The topological polar surface area (TPSA) is 71.5 Å². The second kappa shape index (κ2) is 7.86. The largest absolute Gasteiger partial charge is 0.388 e. The van der Waals surface area contributed by atoms with Crippen LogP contribution in [0.15, 0.2) is 24.4 Å². The number of aryl methyl sites for hydroxylation is 1. The smallest absolute Gasteiger partial charge is 0.220 e. The predicted molar refractivity (Wildman–Crippen MR) is 72.7 cm³/mol. The van der Waals surface area contributed by atoms with Crippen LogP contribution in [0.5, 0.6) is 0 Å². The van der Waals surface area contributed by atoms with E-state index in [0.29, 0.717) is 25.9 Å². The Bertz CT molecular complexity index is 380. The molecule has 1 unspecified atom stereocenters. The summed E-state index contributed by atoms with van der Waals surface area (Å²) in [4.78, 5) is 15.8. The second-order valence-electron chi connectivity index (χ2n) is 4.84. The molecule has 1 rings (SSSR count). The molecule has 0 radical (unpaired) electrons. The summed E-state index contributed by atoms with van der Waals surface area (Å²) in [5.41, 5.74) is -0.0415. The lowest BCUT2D eigenvalue weighted by atomic mass is 10.0. The summed E-state index contributed by atoms with van der Waals surface area (Å²) >= 11 is 0. The first-order valence-corrected chi connectivity index (χ1v) is 6.41. The number of pyridine rings is 1. The van der Waals surface area contributed by atoms with Crippen LogP contribution in [-0.4, -0.2) is 41.9 Å². The molecule has 1 aromatic heterocycles. The predicted octanol–water partition coefficient (Wildman–Crippen LogP) is 0.918. The maximum Gasteiger partial charge on any atom is 0.220 e. The summed E-state index contributed by atoms with van der Waals surface area (Å²) in [6.45, 7) is 2.39. The number of hydrogen-bond acceptors (Lipinski definition) is 4. The summed E-state index contributed by atoms with van der Waals surface area (Å²) < 4.78 is 4.91. The van der Waals surface area contributed by atoms with Gasteiger partial charge >= 0.3 is 0 Å². The van der Waals surface area contributed by atoms with Gasteiger partial charge in [0.05, 0.1) is 5.60 Å². The van der Waals surface area contributed by atoms with Crippen LogP contribution in [0.3, 0.4) is 0 Å². The van der Waals surface area contributed by atoms with Crippen molar-refractivity contribution >= 4 is 5.91 Å². The fraction of sp³-hybridized carbons (Fsp3) is 0.571. The van der Waals surface area contributed by atoms with E-state index in [-0.39, 0.29) is 12.5 Å². The van der Waals surface area contributed by atoms with Gasteiger partial charge in [-0.2, -0.15) is 0 Å². The number of amides is 1. The third-order valence-corrected chi connectivity index (χ3v) is 2.85. The fourth-order valence-corrected chi connectivity index (χ4v) is 1.58. The summed E-state index contributed by atoms with van der Waals surface area (Å²) in [5, 5.41) is 12.7. The number of carbonyl (C=O) groups excluding carboxylic acids is 1. The Kier molecular flexibility index (Phi) is 6.45. The highest BCUT2D eigenvalue weighted by Gasteiger charge is 2.20. The van der Waals surface area contributed by atoms with Gasteiger partial charge < -0.3 is 15.2 Å². The number of aliphatic hydroxyl groups is 1. The molecule has 0 bridgehead atoms. The number of nitrogens with zero attached hydrogens (tertiary/aromatic N) is 1. The molecule has 5 heteroatoms. The van der Waals surface area contributed by atoms with Crippen molar-refractivity contribution in [3.8, 4) is 0 Å². The van der Waals surface area contributed by atoms with Gasteiger partial charge in [0.1, 0.15) is 0 Å². The zero-order valence-electron chi connectivity index (χ0n) is 11.6. The van der Waals surface area contributed by atoms with E-state index in [4.69, 9.17) is 4.74 Å². The van der Waals surface area contributed by atoms with Crippen LogP contribution in [0.4, 0.5) is 0 Å². The van der Waals surface area contributed by atoms with Crippen molar-refractivity contribution < 1.29 is 14.6 Å². The zero-order valence-corrected chi connectivity index (χ0v) is 11.6. The highest BCUT2D eigenvalue weighted by atomic mass is 16.5. The van der Waals surface area contributed by atoms with E-state index in [1.165, 1.54) is 0 Å². The molecule has 0 fully saturated rings. The number of carbonyl (C=O) groups is 1. The molecule has 0 saturated carbocycles. The SMILES string of the molecule is COCCC(C)(O)CNC(=O)CCc1ccccn1. The Labute approximate surface area is 114 Å². The number of ether oxygens (including phenoxy) is 1. The van der Waals surface area contributed by atoms with Crippen molar-refractivity contribution in [2.75, 3.05) is 20.3 Å². The Hall–Kier alpha value is -1.46. The molecule has 19 heavy (non-hydrogen) atoms. The number of hydrogen-bond donors (Lipinski definition) is 2. The molecule has 1 aromatic rings. The van der Waals surface area contributed by atoms with Crippen LogP contribution in [-0.2, 0) is 16.0 Å². The average Bonchev–Trinajstić information content (AvgIpc) is 2.42. The lowest BCUT2D eigenvalue weighted by molar-refractivity contribution is -0.122. The molecule has 0 aromatic carbocycles. The lowest BCUT2D eigenvalue weighted by Gasteiger charge is -2.23.